The van der Waals surface area contributed by atoms with Gasteiger partial charge < -0.3 is 9.84 Å². The molecule has 1 rings (SSSR count). The van der Waals surface area contributed by atoms with Crippen molar-refractivity contribution in [1.29, 1.82) is 0 Å². The van der Waals surface area contributed by atoms with E-state index < -0.39 is 0 Å². The minimum Gasteiger partial charge on any atom is -0.333 e. The predicted molar refractivity (Wildman–Crippen MR) is 51.9 cm³/mol. The van der Waals surface area contributed by atoms with E-state index in [9.17, 15) is 0 Å². The lowest BCUT2D eigenvalue weighted by Gasteiger charge is -1.96. The maximum Gasteiger partial charge on any atom is 0.321 e. The molecule has 0 aliphatic rings. The molecule has 72 valence electrons. The summed E-state index contributed by atoms with van der Waals surface area (Å²) in [5.41, 5.74) is 0. The maximum absolute atomic E-state index is 5.55. The third-order valence-electron chi connectivity index (χ3n) is 1.39. The molecule has 0 bridgehead atoms. The lowest BCUT2D eigenvalue weighted by Crippen LogP contribution is -2.01. The van der Waals surface area contributed by atoms with Crippen LogP contribution in [0.1, 0.15) is 25.6 Å². The molecular weight excluding hydrogens is 190 g/mol. The highest BCUT2D eigenvalue weighted by Crippen LogP contribution is 2.12. The van der Waals surface area contributed by atoms with Gasteiger partial charge in [-0.1, -0.05) is 37.2 Å². The highest BCUT2D eigenvalue weighted by molar-refractivity contribution is 6.29. The Bertz CT molecular complexity index is 295. The second-order valence-corrected chi connectivity index (χ2v) is 3.52. The summed E-state index contributed by atoms with van der Waals surface area (Å²) in [7, 11) is 0. The van der Waals surface area contributed by atoms with E-state index in [1.807, 2.05) is 13.8 Å². The van der Waals surface area contributed by atoms with E-state index in [1.165, 1.54) is 0 Å². The Kier molecular flexibility index (Phi) is 3.31. The van der Waals surface area contributed by atoms with Crippen molar-refractivity contribution in [2.45, 2.75) is 19.8 Å². The number of anilines is 1. The third kappa shape index (κ3) is 3.06. The van der Waals surface area contributed by atoms with Crippen LogP contribution in [0.15, 0.2) is 16.1 Å². The molecule has 1 aromatic heterocycles. The van der Waals surface area contributed by atoms with Crippen LogP contribution in [0.2, 0.25) is 0 Å². The van der Waals surface area contributed by atoms with Crippen LogP contribution in [-0.2, 0) is 0 Å². The summed E-state index contributed by atoms with van der Waals surface area (Å²) in [5, 5.41) is 7.12. The van der Waals surface area contributed by atoms with Crippen LogP contribution in [0.3, 0.4) is 0 Å². The first-order valence-electron chi connectivity index (χ1n) is 4.00. The van der Waals surface area contributed by atoms with Gasteiger partial charge in [0.2, 0.25) is 0 Å². The molecule has 0 unspecified atom stereocenters. The number of halogens is 1. The monoisotopic (exact) mass is 201 g/mol. The Morgan fingerprint density at radius 3 is 2.85 bits per heavy atom. The second-order valence-electron chi connectivity index (χ2n) is 2.98. The quantitative estimate of drug-likeness (QED) is 0.813. The zero-order valence-corrected chi connectivity index (χ0v) is 8.43. The molecule has 5 heteroatoms. The summed E-state index contributed by atoms with van der Waals surface area (Å²) in [5.74, 6) is 0.946. The largest absolute Gasteiger partial charge is 0.333 e. The summed E-state index contributed by atoms with van der Waals surface area (Å²) >= 11 is 5.55. The first kappa shape index (κ1) is 10.1. The van der Waals surface area contributed by atoms with Gasteiger partial charge in [-0.05, 0) is 0 Å². The minimum absolute atomic E-state index is 0.263. The van der Waals surface area contributed by atoms with E-state index in [0.717, 1.165) is 0 Å². The second kappa shape index (κ2) is 4.28. The van der Waals surface area contributed by atoms with E-state index in [-0.39, 0.29) is 5.92 Å². The topological polar surface area (TPSA) is 51.0 Å². The molecule has 0 saturated heterocycles. The van der Waals surface area contributed by atoms with Crippen molar-refractivity contribution in [2.24, 2.45) is 0 Å². The maximum atomic E-state index is 5.55. The van der Waals surface area contributed by atoms with E-state index in [0.29, 0.717) is 23.4 Å². The van der Waals surface area contributed by atoms with Gasteiger partial charge in [-0.25, -0.2) is 0 Å². The van der Waals surface area contributed by atoms with E-state index in [4.69, 9.17) is 16.1 Å². The van der Waals surface area contributed by atoms with Gasteiger partial charge in [0.15, 0.2) is 5.82 Å². The van der Waals surface area contributed by atoms with E-state index in [2.05, 4.69) is 22.0 Å². The van der Waals surface area contributed by atoms with E-state index >= 15 is 0 Å². The normalized spacial score (nSPS) is 10.5. The molecule has 0 spiro atoms. The molecule has 0 radical (unpaired) electrons. The summed E-state index contributed by atoms with van der Waals surface area (Å²) in [6, 6.07) is 0.380. The fraction of sp³-hybridized carbons (Fsp3) is 0.500. The van der Waals surface area contributed by atoms with Crippen LogP contribution in [0.25, 0.3) is 0 Å². The van der Waals surface area contributed by atoms with Crippen molar-refractivity contribution < 1.29 is 4.52 Å². The molecule has 13 heavy (non-hydrogen) atoms. The molecule has 0 aromatic carbocycles. The molecule has 0 atom stereocenters. The first-order valence-corrected chi connectivity index (χ1v) is 4.38. The smallest absolute Gasteiger partial charge is 0.321 e. The Morgan fingerprint density at radius 2 is 2.38 bits per heavy atom. The van der Waals surface area contributed by atoms with Gasteiger partial charge in [0.1, 0.15) is 0 Å². The van der Waals surface area contributed by atoms with E-state index in [1.54, 1.807) is 0 Å². The van der Waals surface area contributed by atoms with Gasteiger partial charge in [0.25, 0.3) is 0 Å². The number of nitrogens with zero attached hydrogens (tertiary/aromatic N) is 2. The molecule has 1 N–H and O–H groups in total. The molecule has 0 saturated carbocycles. The highest BCUT2D eigenvalue weighted by Gasteiger charge is 2.08. The molecule has 0 fully saturated rings. The van der Waals surface area contributed by atoms with Crippen molar-refractivity contribution in [3.05, 3.63) is 17.4 Å². The molecule has 0 amide bonds. The number of nitrogens with one attached hydrogen (secondary N) is 1. The molecule has 1 heterocycles. The van der Waals surface area contributed by atoms with Gasteiger partial charge in [-0.3, -0.25) is 0 Å². The van der Waals surface area contributed by atoms with Crippen molar-refractivity contribution in [3.8, 4) is 0 Å². The van der Waals surface area contributed by atoms with Crippen molar-refractivity contribution in [2.75, 3.05) is 11.9 Å². The lowest BCUT2D eigenvalue weighted by atomic mass is 10.2. The SMILES string of the molecule is C=C(Cl)CNc1nc(C(C)C)no1. The average molecular weight is 202 g/mol. The third-order valence-corrected chi connectivity index (χ3v) is 1.52. The number of rotatable bonds is 4. The van der Waals surface area contributed by atoms with Crippen LogP contribution < -0.4 is 5.32 Å². The van der Waals surface area contributed by atoms with Gasteiger partial charge in [0.05, 0.1) is 6.54 Å². The van der Waals surface area contributed by atoms with Crippen LogP contribution in [0, 0.1) is 0 Å². The van der Waals surface area contributed by atoms with Crippen molar-refractivity contribution in [1.82, 2.24) is 10.1 Å². The summed E-state index contributed by atoms with van der Waals surface area (Å²) in [6.45, 7) is 7.95. The summed E-state index contributed by atoms with van der Waals surface area (Å²) < 4.78 is 4.90. The standard InChI is InChI=1S/C8H12ClN3O/c1-5(2)7-11-8(13-12-7)10-4-6(3)9/h5H,3-4H2,1-2H3,(H,10,11,12). The molecule has 1 aromatic rings. The number of hydrogen-bond acceptors (Lipinski definition) is 4. The van der Waals surface area contributed by atoms with Crippen LogP contribution >= 0.6 is 11.6 Å². The fourth-order valence-electron chi connectivity index (χ4n) is 0.713. The molecule has 4 nitrogen and oxygen atoms in total. The summed E-state index contributed by atoms with van der Waals surface area (Å²) in [6.07, 6.45) is 0. The van der Waals surface area contributed by atoms with Gasteiger partial charge in [0, 0.05) is 11.0 Å². The van der Waals surface area contributed by atoms with Crippen molar-refractivity contribution in [3.63, 3.8) is 0 Å². The van der Waals surface area contributed by atoms with Gasteiger partial charge in [-0.15, -0.1) is 0 Å². The Balaban J connectivity index is 2.54. The van der Waals surface area contributed by atoms with Crippen LogP contribution in [0.5, 0.6) is 0 Å². The number of hydrogen-bond donors (Lipinski definition) is 1. The summed E-state index contributed by atoms with van der Waals surface area (Å²) in [4.78, 5) is 4.09. The molecular formula is C8H12ClN3O. The van der Waals surface area contributed by atoms with Crippen LogP contribution in [0.4, 0.5) is 6.01 Å². The predicted octanol–water partition coefficient (Wildman–Crippen LogP) is 2.36. The number of aromatic nitrogens is 2. The average Bonchev–Trinajstić information content (AvgIpc) is 2.48. The van der Waals surface area contributed by atoms with Gasteiger partial charge >= 0.3 is 6.01 Å². The Morgan fingerprint density at radius 1 is 1.69 bits per heavy atom. The highest BCUT2D eigenvalue weighted by atomic mass is 35.5. The molecule has 0 aliphatic carbocycles. The van der Waals surface area contributed by atoms with Gasteiger partial charge in [-0.2, -0.15) is 4.98 Å². The fourth-order valence-corrected chi connectivity index (χ4v) is 0.780. The minimum atomic E-state index is 0.263. The van der Waals surface area contributed by atoms with Crippen molar-refractivity contribution >= 4 is 17.6 Å². The van der Waals surface area contributed by atoms with Crippen LogP contribution in [-0.4, -0.2) is 16.7 Å². The lowest BCUT2D eigenvalue weighted by molar-refractivity contribution is 0.420. The Hall–Kier alpha value is -1.03. The zero-order chi connectivity index (χ0) is 9.84. The molecule has 0 aliphatic heterocycles. The Labute approximate surface area is 82.0 Å². The zero-order valence-electron chi connectivity index (χ0n) is 7.67. The first-order chi connectivity index (χ1) is 6.09.